The second-order valence-electron chi connectivity index (χ2n) is 6.04. The minimum absolute atomic E-state index is 0.0473. The summed E-state index contributed by atoms with van der Waals surface area (Å²) in [6.45, 7) is 4.33. The SMILES string of the molecule is CC1(C)[C@H](NC(=O)c2cccnc2)[C@H]1c1ccc(Cl)cc1. The topological polar surface area (TPSA) is 42.0 Å². The van der Waals surface area contributed by atoms with Crippen LogP contribution in [-0.2, 0) is 0 Å². The minimum Gasteiger partial charge on any atom is -0.348 e. The van der Waals surface area contributed by atoms with E-state index >= 15 is 0 Å². The van der Waals surface area contributed by atoms with Gasteiger partial charge in [-0.2, -0.15) is 0 Å². The Kier molecular flexibility index (Phi) is 3.46. The van der Waals surface area contributed by atoms with Crippen molar-refractivity contribution in [3.8, 4) is 0 Å². The molecule has 1 aromatic carbocycles. The van der Waals surface area contributed by atoms with Crippen molar-refractivity contribution in [1.82, 2.24) is 10.3 Å². The number of carbonyl (C=O) groups is 1. The smallest absolute Gasteiger partial charge is 0.253 e. The van der Waals surface area contributed by atoms with Crippen LogP contribution >= 0.6 is 11.6 Å². The number of nitrogens with zero attached hydrogens (tertiary/aromatic N) is 1. The van der Waals surface area contributed by atoms with Crippen molar-refractivity contribution in [3.05, 3.63) is 64.9 Å². The minimum atomic E-state index is -0.0716. The number of halogens is 1. The van der Waals surface area contributed by atoms with Gasteiger partial charge in [0.25, 0.3) is 5.91 Å². The molecule has 1 saturated carbocycles. The van der Waals surface area contributed by atoms with Gasteiger partial charge in [0.05, 0.1) is 5.56 Å². The molecule has 2 atom stereocenters. The van der Waals surface area contributed by atoms with Gasteiger partial charge in [-0.05, 0) is 35.2 Å². The molecule has 1 amide bonds. The zero-order valence-corrected chi connectivity index (χ0v) is 12.8. The highest BCUT2D eigenvalue weighted by molar-refractivity contribution is 6.30. The largest absolute Gasteiger partial charge is 0.348 e. The maximum atomic E-state index is 12.2. The molecular formula is C17H17ClN2O. The van der Waals surface area contributed by atoms with Crippen molar-refractivity contribution in [2.24, 2.45) is 5.41 Å². The number of rotatable bonds is 3. The van der Waals surface area contributed by atoms with E-state index in [0.717, 1.165) is 5.02 Å². The van der Waals surface area contributed by atoms with Gasteiger partial charge in [0, 0.05) is 29.4 Å². The lowest BCUT2D eigenvalue weighted by Gasteiger charge is -2.05. The highest BCUT2D eigenvalue weighted by Crippen LogP contribution is 2.58. The maximum absolute atomic E-state index is 12.2. The Morgan fingerprint density at radius 2 is 1.95 bits per heavy atom. The van der Waals surface area contributed by atoms with Crippen LogP contribution in [0.2, 0.25) is 5.02 Å². The number of amides is 1. The second-order valence-corrected chi connectivity index (χ2v) is 6.48. The summed E-state index contributed by atoms with van der Waals surface area (Å²) in [4.78, 5) is 16.2. The van der Waals surface area contributed by atoms with Crippen LogP contribution in [0.15, 0.2) is 48.8 Å². The monoisotopic (exact) mass is 300 g/mol. The van der Waals surface area contributed by atoms with Gasteiger partial charge in [0.1, 0.15) is 0 Å². The molecule has 1 aliphatic carbocycles. The van der Waals surface area contributed by atoms with Crippen LogP contribution in [0.3, 0.4) is 0 Å². The molecule has 0 radical (unpaired) electrons. The molecule has 3 nitrogen and oxygen atoms in total. The Balaban J connectivity index is 1.75. The third-order valence-corrected chi connectivity index (χ3v) is 4.52. The number of hydrogen-bond acceptors (Lipinski definition) is 2. The van der Waals surface area contributed by atoms with Gasteiger partial charge in [0.15, 0.2) is 0 Å². The van der Waals surface area contributed by atoms with Gasteiger partial charge in [-0.25, -0.2) is 0 Å². The van der Waals surface area contributed by atoms with Crippen molar-refractivity contribution in [1.29, 1.82) is 0 Å². The molecule has 3 rings (SSSR count). The van der Waals surface area contributed by atoms with Gasteiger partial charge in [0.2, 0.25) is 0 Å². The molecule has 1 aliphatic rings. The molecule has 21 heavy (non-hydrogen) atoms. The van der Waals surface area contributed by atoms with Crippen molar-refractivity contribution in [3.63, 3.8) is 0 Å². The summed E-state index contributed by atoms with van der Waals surface area (Å²) in [6, 6.07) is 11.5. The van der Waals surface area contributed by atoms with Gasteiger partial charge >= 0.3 is 0 Å². The predicted octanol–water partition coefficient (Wildman–Crippen LogP) is 3.66. The van der Waals surface area contributed by atoms with E-state index in [4.69, 9.17) is 11.6 Å². The van der Waals surface area contributed by atoms with Gasteiger partial charge in [-0.3, -0.25) is 9.78 Å². The lowest BCUT2D eigenvalue weighted by molar-refractivity contribution is 0.0945. The van der Waals surface area contributed by atoms with Gasteiger partial charge in [-0.15, -0.1) is 0 Å². The van der Waals surface area contributed by atoms with E-state index in [-0.39, 0.29) is 17.4 Å². The number of carbonyl (C=O) groups excluding carboxylic acids is 1. The van der Waals surface area contributed by atoms with Crippen LogP contribution < -0.4 is 5.32 Å². The van der Waals surface area contributed by atoms with E-state index in [1.807, 2.05) is 24.3 Å². The first-order chi connectivity index (χ1) is 10.00. The Morgan fingerprint density at radius 1 is 1.24 bits per heavy atom. The van der Waals surface area contributed by atoms with E-state index in [9.17, 15) is 4.79 Å². The summed E-state index contributed by atoms with van der Waals surface area (Å²) < 4.78 is 0. The molecule has 1 heterocycles. The Hall–Kier alpha value is -1.87. The van der Waals surface area contributed by atoms with Crippen LogP contribution in [0.4, 0.5) is 0 Å². The fraction of sp³-hybridized carbons (Fsp3) is 0.294. The Bertz CT molecular complexity index is 652. The maximum Gasteiger partial charge on any atom is 0.253 e. The number of pyridine rings is 1. The van der Waals surface area contributed by atoms with Gasteiger partial charge in [-0.1, -0.05) is 37.6 Å². The normalized spacial score (nSPS) is 22.6. The molecule has 0 bridgehead atoms. The number of hydrogen-bond donors (Lipinski definition) is 1. The molecule has 0 spiro atoms. The molecule has 4 heteroatoms. The van der Waals surface area contributed by atoms with E-state index in [1.165, 1.54) is 5.56 Å². The average Bonchev–Trinajstić information content (AvgIpc) is 3.02. The summed E-state index contributed by atoms with van der Waals surface area (Å²) >= 11 is 5.93. The highest BCUT2D eigenvalue weighted by Gasteiger charge is 2.59. The molecule has 2 aromatic rings. The van der Waals surface area contributed by atoms with Crippen molar-refractivity contribution < 1.29 is 4.79 Å². The molecular weight excluding hydrogens is 284 g/mol. The van der Waals surface area contributed by atoms with Crippen LogP contribution in [0, 0.1) is 5.41 Å². The summed E-state index contributed by atoms with van der Waals surface area (Å²) in [7, 11) is 0. The molecule has 0 saturated heterocycles. The Labute approximate surface area is 129 Å². The first-order valence-corrected chi connectivity index (χ1v) is 7.34. The summed E-state index contributed by atoms with van der Waals surface area (Å²) in [5, 5.41) is 3.84. The Morgan fingerprint density at radius 3 is 2.57 bits per heavy atom. The molecule has 108 valence electrons. The third-order valence-electron chi connectivity index (χ3n) is 4.27. The molecule has 0 unspecified atom stereocenters. The number of nitrogens with one attached hydrogen (secondary N) is 1. The zero-order chi connectivity index (χ0) is 15.0. The van der Waals surface area contributed by atoms with Crippen LogP contribution in [0.25, 0.3) is 0 Å². The summed E-state index contributed by atoms with van der Waals surface area (Å²) in [5.74, 6) is 0.244. The van der Waals surface area contributed by atoms with Crippen LogP contribution in [0.5, 0.6) is 0 Å². The lowest BCUT2D eigenvalue weighted by Crippen LogP contribution is -2.28. The van der Waals surface area contributed by atoms with E-state index in [0.29, 0.717) is 11.5 Å². The van der Waals surface area contributed by atoms with Gasteiger partial charge < -0.3 is 5.32 Å². The van der Waals surface area contributed by atoms with Crippen molar-refractivity contribution in [2.75, 3.05) is 0 Å². The highest BCUT2D eigenvalue weighted by atomic mass is 35.5. The standard InChI is InChI=1S/C17H17ClN2O/c1-17(2)14(11-5-7-13(18)8-6-11)15(17)20-16(21)12-4-3-9-19-10-12/h3-10,14-15H,1-2H3,(H,20,21)/t14-,15-/m1/s1. The molecule has 1 fully saturated rings. The number of benzene rings is 1. The van der Waals surface area contributed by atoms with Crippen molar-refractivity contribution in [2.45, 2.75) is 25.8 Å². The summed E-state index contributed by atoms with van der Waals surface area (Å²) in [6.07, 6.45) is 3.25. The average molecular weight is 301 g/mol. The van der Waals surface area contributed by atoms with Crippen molar-refractivity contribution >= 4 is 17.5 Å². The molecule has 1 aromatic heterocycles. The first-order valence-electron chi connectivity index (χ1n) is 6.96. The van der Waals surface area contributed by atoms with Crippen LogP contribution in [0.1, 0.15) is 35.7 Å². The molecule has 0 aliphatic heterocycles. The lowest BCUT2D eigenvalue weighted by atomic mass is 10.0. The first kappa shape index (κ1) is 14.1. The quantitative estimate of drug-likeness (QED) is 0.940. The summed E-state index contributed by atoms with van der Waals surface area (Å²) in [5.41, 5.74) is 1.85. The predicted molar refractivity (Wildman–Crippen MR) is 83.5 cm³/mol. The fourth-order valence-electron chi connectivity index (χ4n) is 2.92. The third kappa shape index (κ3) is 2.66. The zero-order valence-electron chi connectivity index (χ0n) is 12.0. The number of aromatic nitrogens is 1. The van der Waals surface area contributed by atoms with E-state index < -0.39 is 0 Å². The molecule has 1 N–H and O–H groups in total. The second kappa shape index (κ2) is 5.15. The fourth-order valence-corrected chi connectivity index (χ4v) is 3.05. The van der Waals surface area contributed by atoms with E-state index in [2.05, 4.69) is 24.1 Å². The van der Waals surface area contributed by atoms with E-state index in [1.54, 1.807) is 24.5 Å². The van der Waals surface area contributed by atoms with Crippen LogP contribution in [-0.4, -0.2) is 16.9 Å².